The fourth-order valence-corrected chi connectivity index (χ4v) is 5.30. The van der Waals surface area contributed by atoms with Gasteiger partial charge in [0.1, 0.15) is 5.02 Å². The number of aryl methyl sites for hydroxylation is 3. The van der Waals surface area contributed by atoms with Crippen LogP contribution in [-0.2, 0) is 33.0 Å². The Hall–Kier alpha value is -2.13. The van der Waals surface area contributed by atoms with Gasteiger partial charge >= 0.3 is 0 Å². The zero-order chi connectivity index (χ0) is 24.6. The van der Waals surface area contributed by atoms with Crippen LogP contribution in [0.25, 0.3) is 0 Å². The zero-order valence-electron chi connectivity index (χ0n) is 19.4. The van der Waals surface area contributed by atoms with Crippen LogP contribution < -0.4 is 5.56 Å². The molecule has 0 fully saturated rings. The first kappa shape index (κ1) is 26.5. The highest BCUT2D eigenvalue weighted by molar-refractivity contribution is 7.98. The normalized spacial score (nSPS) is 11.6. The minimum absolute atomic E-state index is 0.128. The molecule has 0 saturated heterocycles. The van der Waals surface area contributed by atoms with Crippen molar-refractivity contribution in [3.05, 3.63) is 86.8 Å². The van der Waals surface area contributed by atoms with Gasteiger partial charge in [0.15, 0.2) is 0 Å². The molecule has 3 rings (SSSR count). The second-order valence-electron chi connectivity index (χ2n) is 8.00. The molecule has 2 aromatic carbocycles. The van der Waals surface area contributed by atoms with E-state index in [2.05, 4.69) is 12.0 Å². The van der Waals surface area contributed by atoms with Crippen molar-refractivity contribution in [2.24, 2.45) is 0 Å². The van der Waals surface area contributed by atoms with Gasteiger partial charge in [0.2, 0.25) is 0 Å². The summed E-state index contributed by atoms with van der Waals surface area (Å²) < 4.78 is 31.1. The van der Waals surface area contributed by atoms with Gasteiger partial charge < -0.3 is 0 Å². The summed E-state index contributed by atoms with van der Waals surface area (Å²) in [6.45, 7) is 4.67. The Balaban J connectivity index is 1.47. The van der Waals surface area contributed by atoms with E-state index in [-0.39, 0.29) is 22.1 Å². The number of rotatable bonds is 12. The Bertz CT molecular complexity index is 1240. The molecule has 0 atom stereocenters. The summed E-state index contributed by atoms with van der Waals surface area (Å²) in [4.78, 5) is 13.2. The van der Waals surface area contributed by atoms with E-state index in [4.69, 9.17) is 15.8 Å². The van der Waals surface area contributed by atoms with Gasteiger partial charge in [-0.1, -0.05) is 66.9 Å². The highest BCUT2D eigenvalue weighted by atomic mass is 35.5. The van der Waals surface area contributed by atoms with Crippen LogP contribution >= 0.6 is 23.4 Å². The number of halogens is 1. The molecule has 182 valence electrons. The summed E-state index contributed by atoms with van der Waals surface area (Å²) in [5, 5.41) is 4.45. The van der Waals surface area contributed by atoms with Crippen molar-refractivity contribution < 1.29 is 12.6 Å². The van der Waals surface area contributed by atoms with Crippen molar-refractivity contribution in [1.82, 2.24) is 9.78 Å². The molecule has 0 N–H and O–H groups in total. The lowest BCUT2D eigenvalue weighted by atomic mass is 10.1. The van der Waals surface area contributed by atoms with Crippen LogP contribution in [0.5, 0.6) is 0 Å². The Labute approximate surface area is 210 Å². The average Bonchev–Trinajstić information content (AvgIpc) is 2.83. The minimum Gasteiger partial charge on any atom is -0.266 e. The van der Waals surface area contributed by atoms with Crippen LogP contribution in [0.2, 0.25) is 5.02 Å². The van der Waals surface area contributed by atoms with E-state index < -0.39 is 10.1 Å². The highest BCUT2D eigenvalue weighted by Gasteiger charge is 2.14. The monoisotopic (exact) mass is 520 g/mol. The predicted octanol–water partition coefficient (Wildman–Crippen LogP) is 5.64. The third-order valence-electron chi connectivity index (χ3n) is 5.25. The van der Waals surface area contributed by atoms with Crippen molar-refractivity contribution >= 4 is 33.5 Å². The Kier molecular flexibility index (Phi) is 9.76. The largest absolute Gasteiger partial charge is 0.296 e. The molecule has 6 nitrogen and oxygen atoms in total. The van der Waals surface area contributed by atoms with E-state index in [1.165, 1.54) is 16.4 Å². The smallest absolute Gasteiger partial charge is 0.266 e. The Morgan fingerprint density at radius 3 is 2.38 bits per heavy atom. The van der Waals surface area contributed by atoms with Crippen LogP contribution in [0.4, 0.5) is 0 Å². The molecule has 0 amide bonds. The molecular weight excluding hydrogens is 492 g/mol. The lowest BCUT2D eigenvalue weighted by Crippen LogP contribution is -2.23. The first-order chi connectivity index (χ1) is 16.3. The van der Waals surface area contributed by atoms with E-state index in [1.54, 1.807) is 30.5 Å². The number of nitrogens with zero attached hydrogens (tertiary/aromatic N) is 2. The maximum Gasteiger partial charge on any atom is 0.296 e. The summed E-state index contributed by atoms with van der Waals surface area (Å²) in [7, 11) is -3.73. The molecule has 0 spiro atoms. The van der Waals surface area contributed by atoms with E-state index in [0.717, 1.165) is 29.5 Å². The molecule has 0 radical (unpaired) electrons. The predicted molar refractivity (Wildman–Crippen MR) is 137 cm³/mol. The molecule has 1 aromatic heterocycles. The van der Waals surface area contributed by atoms with Crippen LogP contribution in [0, 0.1) is 6.92 Å². The van der Waals surface area contributed by atoms with Gasteiger partial charge in [0.25, 0.3) is 15.7 Å². The van der Waals surface area contributed by atoms with Crippen molar-refractivity contribution in [3.63, 3.8) is 0 Å². The van der Waals surface area contributed by atoms with Crippen LogP contribution in [-0.4, -0.2) is 24.8 Å². The van der Waals surface area contributed by atoms with Crippen LogP contribution in [0.3, 0.4) is 0 Å². The lowest BCUT2D eigenvalue weighted by molar-refractivity contribution is 0.312. The van der Waals surface area contributed by atoms with Crippen molar-refractivity contribution in [3.8, 4) is 0 Å². The number of aromatic nitrogens is 2. The number of benzene rings is 2. The quantitative estimate of drug-likeness (QED) is 0.175. The number of thioether (sulfide) groups is 1. The average molecular weight is 521 g/mol. The van der Waals surface area contributed by atoms with E-state index >= 15 is 0 Å². The van der Waals surface area contributed by atoms with Crippen LogP contribution in [0.1, 0.15) is 42.9 Å². The fourth-order valence-electron chi connectivity index (χ4n) is 3.20. The first-order valence-corrected chi connectivity index (χ1v) is 14.0. The molecule has 0 bridgehead atoms. The standard InChI is InChI=1S/C25H29ClN2O4S2/c1-3-4-15-28-25(29)24(26)23(17-27-28)33-18-21-11-9-20(10-12-21)6-5-16-32-34(30,31)22-13-7-19(2)8-14-22/h7-14,17H,3-6,15-16,18H2,1-2H3. The summed E-state index contributed by atoms with van der Waals surface area (Å²) in [5.74, 6) is 0.665. The van der Waals surface area contributed by atoms with Gasteiger partial charge in [-0.25, -0.2) is 4.68 Å². The molecule has 1 heterocycles. The van der Waals surface area contributed by atoms with Crippen molar-refractivity contribution in [2.75, 3.05) is 6.61 Å². The number of hydrogen-bond donors (Lipinski definition) is 0. The molecule has 0 aliphatic heterocycles. The van der Waals surface area contributed by atoms with Gasteiger partial charge in [0, 0.05) is 12.3 Å². The molecule has 3 aromatic rings. The molecule has 0 aliphatic rings. The maximum atomic E-state index is 12.3. The Morgan fingerprint density at radius 1 is 1.03 bits per heavy atom. The van der Waals surface area contributed by atoms with E-state index in [9.17, 15) is 13.2 Å². The number of hydrogen-bond acceptors (Lipinski definition) is 6. The van der Waals surface area contributed by atoms with Gasteiger partial charge in [0.05, 0.1) is 22.6 Å². The number of unbranched alkanes of at least 4 members (excludes halogenated alkanes) is 1. The van der Waals surface area contributed by atoms with Crippen molar-refractivity contribution in [1.29, 1.82) is 0 Å². The second kappa shape index (κ2) is 12.5. The fraction of sp³-hybridized carbons (Fsp3) is 0.360. The topological polar surface area (TPSA) is 78.3 Å². The summed E-state index contributed by atoms with van der Waals surface area (Å²) in [5.41, 5.74) is 2.94. The molecular formula is C25H29ClN2O4S2. The van der Waals surface area contributed by atoms with Crippen molar-refractivity contribution in [2.45, 2.75) is 61.6 Å². The highest BCUT2D eigenvalue weighted by Crippen LogP contribution is 2.27. The Morgan fingerprint density at radius 2 is 1.71 bits per heavy atom. The van der Waals surface area contributed by atoms with Gasteiger partial charge in [-0.2, -0.15) is 13.5 Å². The first-order valence-electron chi connectivity index (χ1n) is 11.2. The summed E-state index contributed by atoms with van der Waals surface area (Å²) >= 11 is 7.75. The molecule has 0 aliphatic carbocycles. The summed E-state index contributed by atoms with van der Waals surface area (Å²) in [6.07, 6.45) is 4.83. The van der Waals surface area contributed by atoms with E-state index in [1.807, 2.05) is 31.2 Å². The van der Waals surface area contributed by atoms with Gasteiger partial charge in [-0.15, -0.1) is 11.8 Å². The zero-order valence-corrected chi connectivity index (χ0v) is 21.8. The molecule has 0 saturated carbocycles. The third kappa shape index (κ3) is 7.43. The molecule has 0 unspecified atom stereocenters. The van der Waals surface area contributed by atoms with E-state index in [0.29, 0.717) is 30.0 Å². The maximum absolute atomic E-state index is 12.3. The minimum atomic E-state index is -3.73. The van der Waals surface area contributed by atoms with Gasteiger partial charge in [-0.3, -0.25) is 8.98 Å². The lowest BCUT2D eigenvalue weighted by Gasteiger charge is -2.08. The molecule has 34 heavy (non-hydrogen) atoms. The summed E-state index contributed by atoms with van der Waals surface area (Å²) in [6, 6.07) is 14.7. The molecule has 9 heteroatoms. The van der Waals surface area contributed by atoms with Gasteiger partial charge in [-0.05, 0) is 49.4 Å². The third-order valence-corrected chi connectivity index (χ3v) is 8.15. The van der Waals surface area contributed by atoms with Crippen LogP contribution in [0.15, 0.2) is 69.3 Å². The second-order valence-corrected chi connectivity index (χ2v) is 11.0. The SMILES string of the molecule is CCCCn1ncc(SCc2ccc(CCCOS(=O)(=O)c3ccc(C)cc3)cc2)c(Cl)c1=O.